The molecule has 2 aromatic heterocycles. The second-order valence-corrected chi connectivity index (χ2v) is 10.4. The van der Waals surface area contributed by atoms with E-state index in [4.69, 9.17) is 9.47 Å². The van der Waals surface area contributed by atoms with Gasteiger partial charge in [-0.05, 0) is 36.6 Å². The van der Waals surface area contributed by atoms with Crippen molar-refractivity contribution in [2.75, 3.05) is 30.3 Å². The van der Waals surface area contributed by atoms with E-state index in [1.165, 1.54) is 6.33 Å². The van der Waals surface area contributed by atoms with Crippen LogP contribution in [0.4, 0.5) is 16.4 Å². The highest BCUT2D eigenvalue weighted by molar-refractivity contribution is 6.13. The molecular formula is C29H33N7O5. The van der Waals surface area contributed by atoms with E-state index in [-0.39, 0.29) is 35.5 Å². The second-order valence-electron chi connectivity index (χ2n) is 10.4. The lowest BCUT2D eigenvalue weighted by Crippen LogP contribution is -2.42. The Bertz CT molecular complexity index is 1520. The highest BCUT2D eigenvalue weighted by atomic mass is 16.6. The molecule has 0 aliphatic carbocycles. The maximum Gasteiger partial charge on any atom is 0.409 e. The zero-order valence-corrected chi connectivity index (χ0v) is 23.2. The minimum Gasteiger partial charge on any atom is -0.490 e. The summed E-state index contributed by atoms with van der Waals surface area (Å²) < 4.78 is 11.5. The molecule has 0 atom stereocenters. The second kappa shape index (κ2) is 12.1. The first kappa shape index (κ1) is 27.7. The topological polar surface area (TPSA) is 154 Å². The molecule has 0 bridgehead atoms. The molecule has 1 saturated heterocycles. The van der Waals surface area contributed by atoms with Crippen LogP contribution in [0.2, 0.25) is 0 Å². The minimum absolute atomic E-state index is 0.0149. The Kier molecular flexibility index (Phi) is 8.18. The predicted octanol–water partition coefficient (Wildman–Crippen LogP) is 4.73. The van der Waals surface area contributed by atoms with Crippen LogP contribution in [-0.4, -0.2) is 68.5 Å². The Hall–Kier alpha value is -4.87. The van der Waals surface area contributed by atoms with E-state index in [1.54, 1.807) is 11.0 Å². The number of piperidine rings is 1. The Morgan fingerprint density at radius 3 is 2.61 bits per heavy atom. The quantitative estimate of drug-likeness (QED) is 0.243. The summed E-state index contributed by atoms with van der Waals surface area (Å²) in [5.74, 6) is 0.0360. The molecule has 1 fully saturated rings. The van der Waals surface area contributed by atoms with Gasteiger partial charge in [-0.15, -0.1) is 0 Å². The number of benzene rings is 2. The van der Waals surface area contributed by atoms with E-state index in [0.29, 0.717) is 49.5 Å². The van der Waals surface area contributed by atoms with Gasteiger partial charge in [0.25, 0.3) is 11.8 Å². The third-order valence-corrected chi connectivity index (χ3v) is 6.70. The van der Waals surface area contributed by atoms with Crippen LogP contribution in [0.5, 0.6) is 5.75 Å². The number of para-hydroxylation sites is 2. The molecule has 0 radical (unpaired) electrons. The molecule has 5 rings (SSSR count). The minimum atomic E-state index is -0.580. The van der Waals surface area contributed by atoms with Crippen LogP contribution in [0.25, 0.3) is 11.0 Å². The van der Waals surface area contributed by atoms with E-state index in [9.17, 15) is 14.4 Å². The largest absolute Gasteiger partial charge is 0.490 e. The fourth-order valence-electron chi connectivity index (χ4n) is 4.49. The van der Waals surface area contributed by atoms with Crippen molar-refractivity contribution in [3.05, 3.63) is 65.7 Å². The molecule has 4 aromatic rings. The number of imidazole rings is 2. The molecule has 12 nitrogen and oxygen atoms in total. The van der Waals surface area contributed by atoms with Crippen molar-refractivity contribution in [1.29, 1.82) is 0 Å². The molecule has 214 valence electrons. The number of ether oxygens (including phenoxy) is 2. The Balaban J connectivity index is 1.19. The summed E-state index contributed by atoms with van der Waals surface area (Å²) in [6.45, 7) is 7.37. The summed E-state index contributed by atoms with van der Waals surface area (Å²) in [5, 5.41) is 5.51. The van der Waals surface area contributed by atoms with Gasteiger partial charge in [0.15, 0.2) is 5.69 Å². The van der Waals surface area contributed by atoms with Gasteiger partial charge in [0, 0.05) is 37.7 Å². The lowest BCUT2D eigenvalue weighted by atomic mass is 10.1. The number of H-pyrrole nitrogens is 2. The molecule has 12 heteroatoms. The van der Waals surface area contributed by atoms with Crippen LogP contribution in [0.15, 0.2) is 48.8 Å². The summed E-state index contributed by atoms with van der Waals surface area (Å²) >= 11 is 0. The number of nitrogens with zero attached hydrogens (tertiary/aromatic N) is 3. The summed E-state index contributed by atoms with van der Waals surface area (Å²) in [5.41, 5.74) is 2.79. The first-order valence-electron chi connectivity index (χ1n) is 13.6. The molecule has 1 aliphatic rings. The number of carbonyl (C=O) groups excluding carboxylic acids is 3. The predicted molar refractivity (Wildman–Crippen MR) is 153 cm³/mol. The van der Waals surface area contributed by atoms with Gasteiger partial charge in [-0.1, -0.05) is 32.0 Å². The van der Waals surface area contributed by atoms with E-state index in [0.717, 1.165) is 11.1 Å². The summed E-state index contributed by atoms with van der Waals surface area (Å²) in [6, 6.07) is 12.8. The van der Waals surface area contributed by atoms with Crippen LogP contribution in [0.1, 0.15) is 53.2 Å². The van der Waals surface area contributed by atoms with Gasteiger partial charge in [-0.25, -0.2) is 14.8 Å². The fourth-order valence-corrected chi connectivity index (χ4v) is 4.49. The average Bonchev–Trinajstić information content (AvgIpc) is 3.61. The van der Waals surface area contributed by atoms with Crippen LogP contribution in [-0.2, 0) is 4.74 Å². The van der Waals surface area contributed by atoms with E-state index < -0.39 is 11.8 Å². The van der Waals surface area contributed by atoms with E-state index in [2.05, 4.69) is 30.6 Å². The third kappa shape index (κ3) is 6.65. The highest BCUT2D eigenvalue weighted by Crippen LogP contribution is 2.26. The number of anilines is 2. The molecule has 3 heterocycles. The van der Waals surface area contributed by atoms with Gasteiger partial charge in [-0.3, -0.25) is 14.9 Å². The monoisotopic (exact) mass is 559 g/mol. The first-order chi connectivity index (χ1) is 19.8. The molecule has 1 aliphatic heterocycles. The SMILES string of the molecule is Cc1ccc(OC2CCN(C(=O)OCC(C)C)CC2)cc1NC(=O)c1[nH]cnc1C(=O)Nc1nc2ccccc2[nH]1. The molecule has 2 aromatic carbocycles. The highest BCUT2D eigenvalue weighted by Gasteiger charge is 2.26. The summed E-state index contributed by atoms with van der Waals surface area (Å²) in [7, 11) is 0. The number of carbonyl (C=O) groups is 3. The van der Waals surface area contributed by atoms with Crippen molar-refractivity contribution in [3.63, 3.8) is 0 Å². The van der Waals surface area contributed by atoms with Crippen LogP contribution in [0, 0.1) is 12.8 Å². The number of hydrogen-bond donors (Lipinski definition) is 4. The maximum absolute atomic E-state index is 13.2. The number of hydrogen-bond acceptors (Lipinski definition) is 7. The van der Waals surface area contributed by atoms with Crippen LogP contribution < -0.4 is 15.4 Å². The molecule has 0 unspecified atom stereocenters. The zero-order chi connectivity index (χ0) is 28.9. The van der Waals surface area contributed by atoms with Gasteiger partial charge in [0.1, 0.15) is 17.5 Å². The summed E-state index contributed by atoms with van der Waals surface area (Å²) in [4.78, 5) is 54.2. The molecule has 41 heavy (non-hydrogen) atoms. The van der Waals surface area contributed by atoms with Crippen molar-refractivity contribution < 1.29 is 23.9 Å². The standard InChI is InChI=1S/C29H33N7O5/c1-17(2)15-40-29(39)36-12-10-19(11-13-36)41-20-9-8-18(3)23(14-20)32-26(37)24-25(31-16-30-24)27(38)35-28-33-21-6-4-5-7-22(21)34-28/h4-9,14,16-17,19H,10-13,15H2,1-3H3,(H,30,31)(H,32,37)(H2,33,34,35,38). The van der Waals surface area contributed by atoms with Gasteiger partial charge in [0.2, 0.25) is 5.95 Å². The number of amides is 3. The number of likely N-dealkylation sites (tertiary alicyclic amines) is 1. The van der Waals surface area contributed by atoms with Crippen molar-refractivity contribution in [1.82, 2.24) is 24.8 Å². The Labute approximate surface area is 236 Å². The van der Waals surface area contributed by atoms with Crippen molar-refractivity contribution in [3.8, 4) is 5.75 Å². The lowest BCUT2D eigenvalue weighted by molar-refractivity contribution is 0.0618. The number of aromatic amines is 2. The number of nitrogens with one attached hydrogen (secondary N) is 4. The lowest BCUT2D eigenvalue weighted by Gasteiger charge is -2.31. The molecule has 0 saturated carbocycles. The van der Waals surface area contributed by atoms with Crippen molar-refractivity contribution >= 4 is 40.6 Å². The van der Waals surface area contributed by atoms with E-state index >= 15 is 0 Å². The normalized spacial score (nSPS) is 13.8. The number of fused-ring (bicyclic) bond motifs is 1. The van der Waals surface area contributed by atoms with Gasteiger partial charge < -0.3 is 29.7 Å². The molecule has 3 amide bonds. The summed E-state index contributed by atoms with van der Waals surface area (Å²) in [6.07, 6.45) is 2.27. The molecular weight excluding hydrogens is 526 g/mol. The smallest absolute Gasteiger partial charge is 0.409 e. The van der Waals surface area contributed by atoms with Gasteiger partial charge in [-0.2, -0.15) is 0 Å². The number of aryl methyl sites for hydroxylation is 1. The third-order valence-electron chi connectivity index (χ3n) is 6.70. The van der Waals surface area contributed by atoms with Gasteiger partial charge >= 0.3 is 6.09 Å². The zero-order valence-electron chi connectivity index (χ0n) is 23.2. The first-order valence-corrected chi connectivity index (χ1v) is 13.6. The fraction of sp³-hybridized carbons (Fsp3) is 0.345. The Morgan fingerprint density at radius 1 is 1.07 bits per heavy atom. The van der Waals surface area contributed by atoms with Crippen molar-refractivity contribution in [2.45, 2.75) is 39.7 Å². The van der Waals surface area contributed by atoms with Crippen LogP contribution in [0.3, 0.4) is 0 Å². The maximum atomic E-state index is 13.2. The number of aromatic nitrogens is 4. The van der Waals surface area contributed by atoms with Crippen molar-refractivity contribution in [2.24, 2.45) is 5.92 Å². The van der Waals surface area contributed by atoms with Crippen LogP contribution >= 0.6 is 0 Å². The molecule has 0 spiro atoms. The molecule has 4 N–H and O–H groups in total. The Morgan fingerprint density at radius 2 is 1.85 bits per heavy atom. The number of rotatable bonds is 8. The van der Waals surface area contributed by atoms with Gasteiger partial charge in [0.05, 0.1) is 24.0 Å². The van der Waals surface area contributed by atoms with E-state index in [1.807, 2.05) is 57.2 Å². The average molecular weight is 560 g/mol.